The lowest BCUT2D eigenvalue weighted by Gasteiger charge is -2.50. The highest BCUT2D eigenvalue weighted by atomic mass is 16.5. The Hall–Kier alpha value is -1.35. The van der Waals surface area contributed by atoms with E-state index in [1.807, 2.05) is 17.0 Å². The topological polar surface area (TPSA) is 29.5 Å². The first-order valence-electron chi connectivity index (χ1n) is 8.08. The van der Waals surface area contributed by atoms with Gasteiger partial charge in [-0.15, -0.1) is 0 Å². The first-order chi connectivity index (χ1) is 10.2. The van der Waals surface area contributed by atoms with Crippen LogP contribution in [0.5, 0.6) is 0 Å². The average Bonchev–Trinajstić information content (AvgIpc) is 2.52. The van der Waals surface area contributed by atoms with E-state index in [2.05, 4.69) is 12.1 Å². The second-order valence-electron chi connectivity index (χ2n) is 5.82. The number of nitrogens with zero attached hydrogens (tertiary/aromatic N) is 1. The van der Waals surface area contributed by atoms with E-state index in [1.54, 1.807) is 7.11 Å². The third-order valence-electron chi connectivity index (χ3n) is 4.72. The number of fused-ring (bicyclic) bond motifs is 2. The molecule has 1 aliphatic carbocycles. The molecule has 1 heterocycles. The van der Waals surface area contributed by atoms with E-state index in [1.165, 1.54) is 12.0 Å². The van der Waals surface area contributed by atoms with Gasteiger partial charge in [0.1, 0.15) is 6.61 Å². The van der Waals surface area contributed by atoms with Crippen LogP contribution in [0.3, 0.4) is 0 Å². The van der Waals surface area contributed by atoms with Crippen LogP contribution in [0.2, 0.25) is 0 Å². The Morgan fingerprint density at radius 2 is 2.10 bits per heavy atom. The monoisotopic (exact) mass is 274 g/mol. The number of benzene rings is 1. The molecule has 1 spiro atoms. The molecular weight excluding hydrogens is 250 g/mol. The minimum Gasteiger partial charge on any atom is -0.375 e. The summed E-state index contributed by atoms with van der Waals surface area (Å²) >= 11 is 0. The lowest BCUT2D eigenvalue weighted by molar-refractivity contribution is -0.144. The largest absolute Gasteiger partial charge is 0.375 e. The van der Waals surface area contributed by atoms with Crippen LogP contribution in [0.4, 0.5) is 0 Å². The Morgan fingerprint density at radius 3 is 2.85 bits per heavy atom. The van der Waals surface area contributed by atoms with Crippen LogP contribution in [-0.2, 0) is 21.5 Å². The van der Waals surface area contributed by atoms with Crippen LogP contribution in [0, 0.1) is 0 Å². The lowest BCUT2D eigenvalue weighted by atomic mass is 9.71. The molecule has 1 aromatic carbocycles. The third kappa shape index (κ3) is 2.14. The summed E-state index contributed by atoms with van der Waals surface area (Å²) in [6, 6.07) is 8.21. The zero-order valence-electron chi connectivity index (χ0n) is 13.1. The molecule has 1 fully saturated rings. The molecule has 1 saturated carbocycles. The number of methoxy groups -OCH3 is 1. The maximum absolute atomic E-state index is 12.5. The van der Waals surface area contributed by atoms with E-state index in [-0.39, 0.29) is 24.4 Å². The SMILES string of the molecule is [2H]C1CN(C(=O)COC)C2(CCCCC2)c2ccccc21. The number of amides is 1. The fraction of sp³-hybridized carbons (Fsp3) is 0.588. The zero-order chi connectivity index (χ0) is 14.9. The van der Waals surface area contributed by atoms with Crippen molar-refractivity contribution in [1.29, 1.82) is 0 Å². The highest BCUT2D eigenvalue weighted by molar-refractivity contribution is 5.79. The van der Waals surface area contributed by atoms with E-state index >= 15 is 0 Å². The quantitative estimate of drug-likeness (QED) is 0.830. The van der Waals surface area contributed by atoms with Gasteiger partial charge in [-0.25, -0.2) is 0 Å². The van der Waals surface area contributed by atoms with Crippen molar-refractivity contribution in [2.75, 3.05) is 20.3 Å². The number of hydrogen-bond donors (Lipinski definition) is 0. The van der Waals surface area contributed by atoms with Crippen molar-refractivity contribution < 1.29 is 10.9 Å². The first-order valence-corrected chi connectivity index (χ1v) is 7.50. The number of hydrogen-bond acceptors (Lipinski definition) is 2. The molecule has 108 valence electrons. The summed E-state index contributed by atoms with van der Waals surface area (Å²) in [5.74, 6) is 0.0196. The maximum Gasteiger partial charge on any atom is 0.249 e. The van der Waals surface area contributed by atoms with Gasteiger partial charge in [0.15, 0.2) is 0 Å². The Kier molecular flexibility index (Phi) is 3.45. The Bertz CT molecular complexity index is 525. The number of rotatable bonds is 2. The predicted octanol–water partition coefficient (Wildman–Crippen LogP) is 2.88. The van der Waals surface area contributed by atoms with Crippen LogP contribution < -0.4 is 0 Å². The van der Waals surface area contributed by atoms with Crippen molar-refractivity contribution in [3.63, 3.8) is 0 Å². The summed E-state index contributed by atoms with van der Waals surface area (Å²) in [6.07, 6.45) is 5.19. The van der Waals surface area contributed by atoms with E-state index in [9.17, 15) is 4.79 Å². The molecule has 0 aromatic heterocycles. The predicted molar refractivity (Wildman–Crippen MR) is 78.5 cm³/mol. The molecule has 3 rings (SSSR count). The summed E-state index contributed by atoms with van der Waals surface area (Å²) in [4.78, 5) is 14.5. The molecule has 3 nitrogen and oxygen atoms in total. The van der Waals surface area contributed by atoms with Gasteiger partial charge in [-0.3, -0.25) is 4.79 Å². The number of carbonyl (C=O) groups is 1. The van der Waals surface area contributed by atoms with E-state index in [0.717, 1.165) is 31.2 Å². The lowest BCUT2D eigenvalue weighted by Crippen LogP contribution is -2.55. The molecule has 1 unspecified atom stereocenters. The summed E-state index contributed by atoms with van der Waals surface area (Å²) < 4.78 is 13.4. The smallest absolute Gasteiger partial charge is 0.249 e. The third-order valence-corrected chi connectivity index (χ3v) is 4.72. The van der Waals surface area contributed by atoms with Crippen LogP contribution >= 0.6 is 0 Å². The molecule has 1 aliphatic heterocycles. The van der Waals surface area contributed by atoms with Gasteiger partial charge >= 0.3 is 0 Å². The number of carbonyl (C=O) groups excluding carboxylic acids is 1. The normalized spacial score (nSPS) is 25.1. The fourth-order valence-corrected chi connectivity index (χ4v) is 3.83. The molecule has 0 N–H and O–H groups in total. The van der Waals surface area contributed by atoms with Gasteiger partial charge in [0, 0.05) is 15.0 Å². The van der Waals surface area contributed by atoms with Gasteiger partial charge in [0.25, 0.3) is 0 Å². The molecule has 3 heteroatoms. The molecule has 0 bridgehead atoms. The molecule has 0 saturated heterocycles. The van der Waals surface area contributed by atoms with Crippen molar-refractivity contribution in [3.8, 4) is 0 Å². The fourth-order valence-electron chi connectivity index (χ4n) is 3.83. The molecular formula is C17H23NO2. The Labute approximate surface area is 122 Å². The van der Waals surface area contributed by atoms with Crippen LogP contribution in [0.15, 0.2) is 24.3 Å². The molecule has 1 aromatic rings. The van der Waals surface area contributed by atoms with Crippen LogP contribution in [-0.4, -0.2) is 31.1 Å². The van der Waals surface area contributed by atoms with Gasteiger partial charge in [-0.05, 0) is 30.4 Å². The van der Waals surface area contributed by atoms with Crippen molar-refractivity contribution in [2.45, 2.75) is 44.0 Å². The standard InChI is InChI=1S/C17H23NO2/c1-20-13-16(19)18-12-9-14-7-3-4-8-15(14)17(18)10-5-2-6-11-17/h3-4,7-8H,2,5-6,9-13H2,1H3/i9D. The average molecular weight is 274 g/mol. The summed E-state index contributed by atoms with van der Waals surface area (Å²) in [7, 11) is 1.56. The summed E-state index contributed by atoms with van der Waals surface area (Å²) in [5.41, 5.74) is 2.09. The summed E-state index contributed by atoms with van der Waals surface area (Å²) in [5, 5.41) is 0. The van der Waals surface area contributed by atoms with E-state index in [0.29, 0.717) is 6.54 Å². The van der Waals surface area contributed by atoms with Gasteiger partial charge in [0.2, 0.25) is 5.91 Å². The van der Waals surface area contributed by atoms with Crippen molar-refractivity contribution >= 4 is 5.91 Å². The molecule has 2 aliphatic rings. The minimum absolute atomic E-state index is 0.0196. The zero-order valence-corrected chi connectivity index (χ0v) is 12.1. The van der Waals surface area contributed by atoms with Crippen molar-refractivity contribution in [1.82, 2.24) is 4.90 Å². The molecule has 1 amide bonds. The minimum atomic E-state index is -0.352. The first kappa shape index (κ1) is 12.4. The maximum atomic E-state index is 12.5. The van der Waals surface area contributed by atoms with E-state index in [4.69, 9.17) is 6.11 Å². The van der Waals surface area contributed by atoms with Crippen molar-refractivity contribution in [2.24, 2.45) is 0 Å². The second kappa shape index (κ2) is 5.57. The van der Waals surface area contributed by atoms with E-state index < -0.39 is 0 Å². The highest BCUT2D eigenvalue weighted by Crippen LogP contribution is 2.46. The molecule has 1 atom stereocenters. The second-order valence-corrected chi connectivity index (χ2v) is 5.82. The Morgan fingerprint density at radius 1 is 1.35 bits per heavy atom. The van der Waals surface area contributed by atoms with Crippen LogP contribution in [0.25, 0.3) is 0 Å². The number of ether oxygens (including phenoxy) is 1. The molecule has 0 radical (unpaired) electrons. The Balaban J connectivity index is 2.07. The summed E-state index contributed by atoms with van der Waals surface area (Å²) in [6.45, 7) is 0.593. The van der Waals surface area contributed by atoms with Crippen molar-refractivity contribution in [3.05, 3.63) is 35.4 Å². The van der Waals surface area contributed by atoms with Gasteiger partial charge in [0.05, 0.1) is 5.54 Å². The molecule has 20 heavy (non-hydrogen) atoms. The highest BCUT2D eigenvalue weighted by Gasteiger charge is 2.45. The van der Waals surface area contributed by atoms with Crippen LogP contribution in [0.1, 0.15) is 44.6 Å². The van der Waals surface area contributed by atoms with Gasteiger partial charge in [-0.1, -0.05) is 43.5 Å². The van der Waals surface area contributed by atoms with Gasteiger partial charge in [-0.2, -0.15) is 0 Å². The van der Waals surface area contributed by atoms with Gasteiger partial charge < -0.3 is 9.64 Å².